The van der Waals surface area contributed by atoms with Gasteiger partial charge in [-0.2, -0.15) is 13.2 Å². The highest BCUT2D eigenvalue weighted by atomic mass is 19.4. The highest BCUT2D eigenvalue weighted by Gasteiger charge is 2.34. The molecule has 0 saturated heterocycles. The third-order valence-corrected chi connectivity index (χ3v) is 5.70. The summed E-state index contributed by atoms with van der Waals surface area (Å²) in [5.74, 6) is -0.419. The molecule has 2 aromatic rings. The van der Waals surface area contributed by atoms with Crippen LogP contribution in [-0.4, -0.2) is 30.8 Å². The van der Waals surface area contributed by atoms with Crippen LogP contribution < -0.4 is 15.5 Å². The lowest BCUT2D eigenvalue weighted by molar-refractivity contribution is -0.137. The molecule has 9 heteroatoms. The second-order valence-electron chi connectivity index (χ2n) is 7.75. The third kappa shape index (κ3) is 3.81. The summed E-state index contributed by atoms with van der Waals surface area (Å²) in [7, 11) is 1.71. The van der Waals surface area contributed by atoms with E-state index in [9.17, 15) is 27.5 Å². The quantitative estimate of drug-likeness (QED) is 0.640. The van der Waals surface area contributed by atoms with Crippen LogP contribution in [0, 0.1) is 5.82 Å². The van der Waals surface area contributed by atoms with Gasteiger partial charge in [-0.3, -0.25) is 0 Å². The van der Waals surface area contributed by atoms with E-state index in [0.29, 0.717) is 41.0 Å². The molecule has 3 N–H and O–H groups in total. The van der Waals surface area contributed by atoms with E-state index in [1.807, 2.05) is 0 Å². The number of fused-ring (bicyclic) bond motifs is 2. The van der Waals surface area contributed by atoms with Gasteiger partial charge in [0.15, 0.2) is 0 Å². The number of urea groups is 1. The lowest BCUT2D eigenvalue weighted by atomic mass is 9.95. The number of alkyl halides is 3. The van der Waals surface area contributed by atoms with E-state index >= 15 is 0 Å². The molecule has 2 aromatic carbocycles. The van der Waals surface area contributed by atoms with Gasteiger partial charge in [0.1, 0.15) is 5.82 Å². The zero-order valence-electron chi connectivity index (χ0n) is 16.2. The maximum Gasteiger partial charge on any atom is 0.416 e. The first-order chi connectivity index (χ1) is 14.1. The fraction of sp³-hybridized carbons (Fsp3) is 0.381. The summed E-state index contributed by atoms with van der Waals surface area (Å²) in [4.78, 5) is 14.3. The number of nitrogens with one attached hydrogen (secondary N) is 2. The number of amides is 2. The van der Waals surface area contributed by atoms with Crippen molar-refractivity contribution in [3.05, 3.63) is 58.4 Å². The number of aliphatic hydroxyl groups excluding tert-OH is 1. The van der Waals surface area contributed by atoms with Crippen molar-refractivity contribution < 1.29 is 27.5 Å². The molecular weight excluding hydrogens is 402 g/mol. The molecule has 2 aliphatic rings. The maximum absolute atomic E-state index is 13.9. The fourth-order valence-electron chi connectivity index (χ4n) is 4.19. The second-order valence-corrected chi connectivity index (χ2v) is 7.75. The SMILES string of the molecule is CN1CC[C@@H](NC(=O)Nc2ccc(F)c3c2C[C@H](O)C3)c2ccc(C(F)(F)F)cc21. The monoisotopic (exact) mass is 423 g/mol. The Hall–Kier alpha value is -2.81. The van der Waals surface area contributed by atoms with E-state index in [1.165, 1.54) is 18.2 Å². The van der Waals surface area contributed by atoms with Crippen molar-refractivity contribution in [2.75, 3.05) is 23.8 Å². The van der Waals surface area contributed by atoms with Gasteiger partial charge in [0, 0.05) is 37.8 Å². The van der Waals surface area contributed by atoms with Gasteiger partial charge in [0.25, 0.3) is 0 Å². The summed E-state index contributed by atoms with van der Waals surface area (Å²) >= 11 is 0. The molecule has 0 saturated carbocycles. The average Bonchev–Trinajstić information content (AvgIpc) is 3.08. The van der Waals surface area contributed by atoms with Crippen LogP contribution in [0.2, 0.25) is 0 Å². The number of anilines is 2. The number of hydrogen-bond acceptors (Lipinski definition) is 3. The molecule has 0 spiro atoms. The Bertz CT molecular complexity index is 993. The van der Waals surface area contributed by atoms with Crippen molar-refractivity contribution in [1.82, 2.24) is 5.32 Å². The number of rotatable bonds is 2. The lowest BCUT2D eigenvalue weighted by Crippen LogP contribution is -2.38. The molecule has 30 heavy (non-hydrogen) atoms. The number of nitrogens with zero attached hydrogens (tertiary/aromatic N) is 1. The molecule has 0 radical (unpaired) electrons. The first-order valence-corrected chi connectivity index (χ1v) is 9.61. The van der Waals surface area contributed by atoms with E-state index < -0.39 is 35.7 Å². The van der Waals surface area contributed by atoms with Gasteiger partial charge < -0.3 is 20.6 Å². The number of carbonyl (C=O) groups excluding carboxylic acids is 1. The van der Waals surface area contributed by atoms with Gasteiger partial charge in [-0.15, -0.1) is 0 Å². The zero-order valence-corrected chi connectivity index (χ0v) is 16.2. The highest BCUT2D eigenvalue weighted by Crippen LogP contribution is 2.38. The molecule has 0 bridgehead atoms. The van der Waals surface area contributed by atoms with Gasteiger partial charge in [-0.05, 0) is 47.4 Å². The number of benzene rings is 2. The largest absolute Gasteiger partial charge is 0.416 e. The van der Waals surface area contributed by atoms with Crippen molar-refractivity contribution in [3.63, 3.8) is 0 Å². The van der Waals surface area contributed by atoms with Crippen LogP contribution in [0.1, 0.15) is 34.7 Å². The smallest absolute Gasteiger partial charge is 0.392 e. The van der Waals surface area contributed by atoms with Crippen LogP contribution in [0.5, 0.6) is 0 Å². The summed E-state index contributed by atoms with van der Waals surface area (Å²) in [5, 5.41) is 15.3. The summed E-state index contributed by atoms with van der Waals surface area (Å²) in [6.07, 6.45) is -4.16. The van der Waals surface area contributed by atoms with E-state index in [2.05, 4.69) is 10.6 Å². The van der Waals surface area contributed by atoms with Crippen molar-refractivity contribution in [2.24, 2.45) is 0 Å². The third-order valence-electron chi connectivity index (χ3n) is 5.70. The predicted molar refractivity (Wildman–Crippen MR) is 104 cm³/mol. The lowest BCUT2D eigenvalue weighted by Gasteiger charge is -2.34. The molecule has 160 valence electrons. The van der Waals surface area contributed by atoms with Gasteiger partial charge in [0.2, 0.25) is 0 Å². The van der Waals surface area contributed by atoms with Crippen LogP contribution in [-0.2, 0) is 19.0 Å². The second kappa shape index (κ2) is 7.46. The van der Waals surface area contributed by atoms with Crippen LogP contribution >= 0.6 is 0 Å². The normalized spacial score (nSPS) is 20.5. The molecule has 1 aliphatic carbocycles. The van der Waals surface area contributed by atoms with Crippen LogP contribution in [0.4, 0.5) is 33.7 Å². The number of aliphatic hydroxyl groups is 1. The fourth-order valence-corrected chi connectivity index (χ4v) is 4.19. The van der Waals surface area contributed by atoms with Crippen molar-refractivity contribution in [1.29, 1.82) is 0 Å². The maximum atomic E-state index is 13.9. The summed E-state index contributed by atoms with van der Waals surface area (Å²) in [6, 6.07) is 5.20. The Kier molecular flexibility index (Phi) is 5.09. The molecule has 4 rings (SSSR count). The Morgan fingerprint density at radius 2 is 1.90 bits per heavy atom. The topological polar surface area (TPSA) is 64.6 Å². The molecule has 2 atom stereocenters. The Morgan fingerprint density at radius 1 is 1.17 bits per heavy atom. The van der Waals surface area contributed by atoms with Gasteiger partial charge >= 0.3 is 12.2 Å². The molecule has 0 fully saturated rings. The Labute approximate surface area is 170 Å². The zero-order chi connectivity index (χ0) is 21.6. The molecule has 0 aromatic heterocycles. The van der Waals surface area contributed by atoms with Crippen molar-refractivity contribution in [2.45, 2.75) is 37.6 Å². The minimum Gasteiger partial charge on any atom is -0.392 e. The molecule has 2 amide bonds. The summed E-state index contributed by atoms with van der Waals surface area (Å²) in [5.41, 5.74) is 1.67. The number of carbonyl (C=O) groups is 1. The predicted octanol–water partition coefficient (Wildman–Crippen LogP) is 4.01. The van der Waals surface area contributed by atoms with Crippen LogP contribution in [0.15, 0.2) is 30.3 Å². The Morgan fingerprint density at radius 3 is 2.63 bits per heavy atom. The van der Waals surface area contributed by atoms with E-state index in [4.69, 9.17) is 0 Å². The molecular formula is C21H21F4N3O2. The van der Waals surface area contributed by atoms with Crippen molar-refractivity contribution in [3.8, 4) is 0 Å². The van der Waals surface area contributed by atoms with Crippen molar-refractivity contribution >= 4 is 17.4 Å². The Balaban J connectivity index is 1.53. The summed E-state index contributed by atoms with van der Waals surface area (Å²) in [6.45, 7) is 0.484. The minimum atomic E-state index is -4.44. The standard InChI is InChI=1S/C21H21F4N3O2/c1-28-7-6-18(13-3-2-11(8-19(13)28)21(23,24)25)27-20(30)26-17-5-4-16(22)14-9-12(29)10-15(14)17/h2-5,8,12,18,29H,6-7,9-10H2,1H3,(H2,26,27,30)/t12-,18-/m1/s1. The highest BCUT2D eigenvalue weighted by molar-refractivity contribution is 5.91. The van der Waals surface area contributed by atoms with E-state index in [0.717, 1.165) is 12.1 Å². The minimum absolute atomic E-state index is 0.197. The van der Waals surface area contributed by atoms with E-state index in [-0.39, 0.29) is 12.8 Å². The van der Waals surface area contributed by atoms with Gasteiger partial charge in [0.05, 0.1) is 17.7 Å². The first kappa shape index (κ1) is 20.5. The van der Waals surface area contributed by atoms with Gasteiger partial charge in [-0.1, -0.05) is 6.07 Å². The molecule has 5 nitrogen and oxygen atoms in total. The molecule has 1 heterocycles. The van der Waals surface area contributed by atoms with Gasteiger partial charge in [-0.25, -0.2) is 9.18 Å². The summed E-state index contributed by atoms with van der Waals surface area (Å²) < 4.78 is 53.1. The molecule has 0 unspecified atom stereocenters. The van der Waals surface area contributed by atoms with Crippen LogP contribution in [0.25, 0.3) is 0 Å². The number of halogens is 4. The van der Waals surface area contributed by atoms with E-state index in [1.54, 1.807) is 11.9 Å². The molecule has 1 aliphatic heterocycles. The van der Waals surface area contributed by atoms with Crippen LogP contribution in [0.3, 0.4) is 0 Å². The first-order valence-electron chi connectivity index (χ1n) is 9.61. The number of hydrogen-bond donors (Lipinski definition) is 3. The average molecular weight is 423 g/mol.